The molecule has 0 aliphatic carbocycles. The van der Waals surface area contributed by atoms with Gasteiger partial charge < -0.3 is 9.30 Å². The van der Waals surface area contributed by atoms with Gasteiger partial charge in [0, 0.05) is 38.5 Å². The smallest absolute Gasteiger partial charge is 0.269 e. The van der Waals surface area contributed by atoms with Gasteiger partial charge in [-0.15, -0.1) is 17.5 Å². The molecule has 4 heterocycles. The summed E-state index contributed by atoms with van der Waals surface area (Å²) in [5.74, 6) is 2.50. The predicted octanol–water partition coefficient (Wildman–Crippen LogP) is 12.1. The molecule has 0 spiro atoms. The Balaban J connectivity index is 0.00000533. The van der Waals surface area contributed by atoms with Gasteiger partial charge in [0.2, 0.25) is 0 Å². The Labute approximate surface area is 397 Å². The number of hydrogen-bond donors (Lipinski definition) is 0. The molecule has 0 aliphatic heterocycles. The molecule has 0 atom stereocenters. The maximum atomic E-state index is 6.61. The van der Waals surface area contributed by atoms with Crippen molar-refractivity contribution in [1.29, 1.82) is 0 Å². The van der Waals surface area contributed by atoms with E-state index in [0.717, 1.165) is 49.9 Å². The predicted molar refractivity (Wildman–Crippen MR) is 264 cm³/mol. The number of rotatable bonds is 8. The van der Waals surface area contributed by atoms with E-state index in [0.29, 0.717) is 17.3 Å². The largest absolute Gasteiger partial charge is 0.522 e. The third-order valence-corrected chi connectivity index (χ3v) is 16.0. The molecule has 0 bridgehead atoms. The van der Waals surface area contributed by atoms with E-state index in [9.17, 15) is 0 Å². The van der Waals surface area contributed by atoms with Crippen LogP contribution in [0.2, 0.25) is 13.1 Å². The van der Waals surface area contributed by atoms with Gasteiger partial charge in [0.05, 0.1) is 22.5 Å². The van der Waals surface area contributed by atoms with Crippen LogP contribution in [0.25, 0.3) is 61.3 Å². The monoisotopic (exact) mass is 1040 g/mol. The minimum atomic E-state index is -1.98. The van der Waals surface area contributed by atoms with Crippen molar-refractivity contribution in [2.75, 3.05) is 0 Å². The van der Waals surface area contributed by atoms with Crippen LogP contribution < -0.4 is 19.7 Å². The summed E-state index contributed by atoms with van der Waals surface area (Å²) in [5, 5.41) is 5.01. The number of pyridine rings is 2. The number of nitrogens with zero attached hydrogens (tertiary/aromatic N) is 5. The van der Waals surface area contributed by atoms with E-state index in [1.165, 1.54) is 27.1 Å². The summed E-state index contributed by atoms with van der Waals surface area (Å²) in [4.78, 5) is 9.70. The summed E-state index contributed by atoms with van der Waals surface area (Å²) in [6.07, 6.45) is 7.42. The zero-order chi connectivity index (χ0) is 44.4. The zero-order valence-electron chi connectivity index (χ0n) is 38.0. The second-order valence-corrected chi connectivity index (χ2v) is 23.6. The molecule has 10 aromatic rings. The zero-order valence-corrected chi connectivity index (χ0v) is 41.3. The molecular weight excluding hydrogens is 994 g/mol. The quantitative estimate of drug-likeness (QED) is 0.0866. The number of ether oxygens (including phenoxy) is 1. The molecule has 6 aromatic carbocycles. The van der Waals surface area contributed by atoms with Crippen molar-refractivity contribution in [3.05, 3.63) is 194 Å². The van der Waals surface area contributed by atoms with Crippen LogP contribution in [-0.2, 0) is 31.9 Å². The van der Waals surface area contributed by atoms with Gasteiger partial charge in [-0.25, -0.2) is 4.98 Å². The molecule has 0 fully saturated rings. The number of hydrogen-bond acceptors (Lipinski definition) is 3. The number of aromatic nitrogens is 5. The summed E-state index contributed by atoms with van der Waals surface area (Å²) in [6.45, 7) is 18.4. The van der Waals surface area contributed by atoms with E-state index in [4.69, 9.17) is 14.7 Å². The van der Waals surface area contributed by atoms with Gasteiger partial charge in [-0.1, -0.05) is 192 Å². The van der Waals surface area contributed by atoms with Gasteiger partial charge in [-0.3, -0.25) is 14.1 Å². The molecule has 0 amide bonds. The Hall–Kier alpha value is -6.40. The molecule has 0 aliphatic rings. The van der Waals surface area contributed by atoms with Gasteiger partial charge in [-0.2, -0.15) is 18.2 Å². The van der Waals surface area contributed by atoms with E-state index in [-0.39, 0.29) is 31.9 Å². The van der Waals surface area contributed by atoms with E-state index in [2.05, 4.69) is 222 Å². The van der Waals surface area contributed by atoms with Gasteiger partial charge in [0.25, 0.3) is 6.33 Å². The molecule has 0 saturated carbocycles. The van der Waals surface area contributed by atoms with Crippen molar-refractivity contribution < 1.29 is 30.4 Å². The van der Waals surface area contributed by atoms with Crippen LogP contribution in [0.3, 0.4) is 0 Å². The minimum Gasteiger partial charge on any atom is -0.522 e. The molecule has 4 aromatic heterocycles. The summed E-state index contributed by atoms with van der Waals surface area (Å²) in [7, 11) is -1.98. The molecular formula is C57H51N5OPtSi-2. The van der Waals surface area contributed by atoms with Crippen molar-refractivity contribution >= 4 is 51.3 Å². The molecule has 6 nitrogen and oxygen atoms in total. The first-order valence-corrected chi connectivity index (χ1v) is 25.0. The van der Waals surface area contributed by atoms with Crippen molar-refractivity contribution in [1.82, 2.24) is 19.1 Å². The fourth-order valence-electron chi connectivity index (χ4n) is 8.93. The average molecular weight is 1050 g/mol. The second-order valence-electron chi connectivity index (χ2n) is 19.2. The van der Waals surface area contributed by atoms with E-state index in [1.807, 2.05) is 22.9 Å². The average Bonchev–Trinajstić information content (AvgIpc) is 3.85. The maximum absolute atomic E-state index is 6.61. The minimum absolute atomic E-state index is 0. The number of imidazole rings is 1. The standard InChI is InChI=1S/C57H51N5OSi.Pt/c1-56(2,3)40-30-32-59-54(35-40)62-49-25-13-12-22-46(49)47-29-28-41(36-52(47)62)63-42-31-33-58-53(37-42)60-38-61(51-27-15-14-26-50(51)60)55-45(23-17-24-48(55)57(4,5)6)39-18-16-21-44(34-39)64(7,8)43-19-10-9-11-20-43;/h9-35H,1-8H3;/q-2;. The van der Waals surface area contributed by atoms with Crippen LogP contribution in [-0.4, -0.2) is 27.2 Å². The van der Waals surface area contributed by atoms with Crippen molar-refractivity contribution in [2.24, 2.45) is 0 Å². The molecule has 0 radical (unpaired) electrons. The van der Waals surface area contributed by atoms with Gasteiger partial charge in [0.15, 0.2) is 0 Å². The first-order valence-electron chi connectivity index (χ1n) is 22.0. The molecule has 326 valence electrons. The van der Waals surface area contributed by atoms with Gasteiger partial charge in [0.1, 0.15) is 13.9 Å². The van der Waals surface area contributed by atoms with Crippen molar-refractivity contribution in [3.8, 4) is 39.9 Å². The Bertz CT molecular complexity index is 3370. The first-order chi connectivity index (χ1) is 30.8. The molecule has 8 heteroatoms. The van der Waals surface area contributed by atoms with Crippen LogP contribution in [0.1, 0.15) is 52.7 Å². The maximum Gasteiger partial charge on any atom is 0.269 e. The van der Waals surface area contributed by atoms with Crippen molar-refractivity contribution in [3.63, 3.8) is 0 Å². The molecule has 0 N–H and O–H groups in total. The fraction of sp³-hybridized carbons (Fsp3) is 0.175. The third-order valence-electron chi connectivity index (χ3n) is 12.5. The number of benzene rings is 6. The topological polar surface area (TPSA) is 48.8 Å². The second kappa shape index (κ2) is 16.9. The Kier molecular flexibility index (Phi) is 11.4. The van der Waals surface area contributed by atoms with E-state index < -0.39 is 8.07 Å². The Morgan fingerprint density at radius 1 is 0.600 bits per heavy atom. The van der Waals surface area contributed by atoms with Crippen LogP contribution in [0.15, 0.2) is 164 Å². The Morgan fingerprint density at radius 3 is 2.08 bits per heavy atom. The summed E-state index contributed by atoms with van der Waals surface area (Å²) in [6, 6.07) is 60.9. The summed E-state index contributed by atoms with van der Waals surface area (Å²) in [5.41, 5.74) is 9.56. The van der Waals surface area contributed by atoms with Crippen LogP contribution in [0.4, 0.5) is 0 Å². The van der Waals surface area contributed by atoms with Crippen molar-refractivity contribution in [2.45, 2.75) is 65.5 Å². The van der Waals surface area contributed by atoms with Crippen LogP contribution in [0.5, 0.6) is 11.5 Å². The summed E-state index contributed by atoms with van der Waals surface area (Å²) >= 11 is 0. The number of para-hydroxylation sites is 4. The Morgan fingerprint density at radius 2 is 1.29 bits per heavy atom. The third kappa shape index (κ3) is 8.06. The van der Waals surface area contributed by atoms with Gasteiger partial charge in [-0.05, 0) is 62.4 Å². The van der Waals surface area contributed by atoms with Gasteiger partial charge >= 0.3 is 0 Å². The molecule has 0 unspecified atom stereocenters. The molecule has 65 heavy (non-hydrogen) atoms. The number of fused-ring (bicyclic) bond motifs is 4. The normalized spacial score (nSPS) is 12.2. The molecule has 0 saturated heterocycles. The van der Waals surface area contributed by atoms with E-state index >= 15 is 0 Å². The van der Waals surface area contributed by atoms with E-state index in [1.54, 1.807) is 6.20 Å². The summed E-state index contributed by atoms with van der Waals surface area (Å²) < 4.78 is 13.0. The van der Waals surface area contributed by atoms with Crippen LogP contribution >= 0.6 is 0 Å². The van der Waals surface area contributed by atoms with Crippen LogP contribution in [0, 0.1) is 18.5 Å². The first kappa shape index (κ1) is 43.8. The fourth-order valence-corrected chi connectivity index (χ4v) is 11.3. The molecule has 10 rings (SSSR count). The SMILES string of the molecule is CC(C)(C)c1ccnc(-n2c3[c-]c(Oc4[c-]c(-n5[c-][n+](-c6c(-c7cccc([Si](C)(C)c8ccccc8)c7)cccc6C(C)(C)C)c6ccccc65)ncc4)ccc3c3ccccc32)c1.[Pt].